The molecule has 0 N–H and O–H groups in total. The molecule has 0 saturated heterocycles. The van der Waals surface area contributed by atoms with Gasteiger partial charge in [-0.05, 0) is 31.9 Å². The first-order chi connectivity index (χ1) is 10.7. The summed E-state index contributed by atoms with van der Waals surface area (Å²) in [5.41, 5.74) is 3.41. The second-order valence-electron chi connectivity index (χ2n) is 5.43. The third kappa shape index (κ3) is 2.03. The molecule has 4 nitrogen and oxygen atoms in total. The van der Waals surface area contributed by atoms with Gasteiger partial charge >= 0.3 is 0 Å². The Morgan fingerprint density at radius 2 is 2.27 bits per heavy atom. The lowest BCUT2D eigenvalue weighted by Gasteiger charge is -2.09. The number of aromatic nitrogens is 3. The maximum atomic E-state index is 9.72. The fourth-order valence-corrected chi connectivity index (χ4v) is 3.92. The smallest absolute Gasteiger partial charge is 0.158 e. The number of hydrogen-bond donors (Lipinski definition) is 0. The largest absolute Gasteiger partial charge is 0.248 e. The number of fused-ring (bicyclic) bond motifs is 1. The van der Waals surface area contributed by atoms with Crippen molar-refractivity contribution in [3.63, 3.8) is 0 Å². The van der Waals surface area contributed by atoms with Crippen molar-refractivity contribution in [3.8, 4) is 16.5 Å². The summed E-state index contributed by atoms with van der Waals surface area (Å²) in [6.45, 7) is 2.81. The predicted octanol–water partition coefficient (Wildman–Crippen LogP) is 4.58. The maximum Gasteiger partial charge on any atom is 0.158 e. The molecule has 22 heavy (non-hydrogen) atoms. The van der Waals surface area contributed by atoms with E-state index in [4.69, 9.17) is 16.6 Å². The first kappa shape index (κ1) is 13.7. The molecule has 0 unspecified atom stereocenters. The van der Waals surface area contributed by atoms with Crippen molar-refractivity contribution in [2.75, 3.05) is 0 Å². The molecule has 0 atom stereocenters. The molecule has 110 valence electrons. The summed E-state index contributed by atoms with van der Waals surface area (Å²) < 4.78 is 2.61. The molecule has 0 radical (unpaired) electrons. The van der Waals surface area contributed by atoms with Crippen molar-refractivity contribution in [3.05, 3.63) is 33.9 Å². The number of rotatable bonds is 3. The van der Waals surface area contributed by atoms with Gasteiger partial charge in [-0.1, -0.05) is 11.6 Å². The van der Waals surface area contributed by atoms with Gasteiger partial charge in [0.2, 0.25) is 0 Å². The topological polar surface area (TPSA) is 54.5 Å². The average molecular weight is 329 g/mol. The van der Waals surface area contributed by atoms with Gasteiger partial charge in [0.05, 0.1) is 21.8 Å². The molecular weight excluding hydrogens is 316 g/mol. The second-order valence-corrected chi connectivity index (χ2v) is 7.15. The van der Waals surface area contributed by atoms with Crippen molar-refractivity contribution >= 4 is 34.0 Å². The van der Waals surface area contributed by atoms with E-state index in [1.54, 1.807) is 0 Å². The maximum absolute atomic E-state index is 9.72. The lowest BCUT2D eigenvalue weighted by Crippen LogP contribution is -2.02. The Kier molecular flexibility index (Phi) is 3.17. The molecular formula is C16H13ClN4S. The van der Waals surface area contributed by atoms with Crippen LogP contribution in [0.15, 0.2) is 18.3 Å². The number of thiophene rings is 1. The average Bonchev–Trinajstić information content (AvgIpc) is 3.16. The quantitative estimate of drug-likeness (QED) is 0.707. The minimum atomic E-state index is 0.411. The van der Waals surface area contributed by atoms with Crippen LogP contribution in [0.1, 0.15) is 36.9 Å². The number of nitrogens with zero attached hydrogens (tertiary/aromatic N) is 4. The van der Waals surface area contributed by atoms with E-state index < -0.39 is 0 Å². The zero-order valence-electron chi connectivity index (χ0n) is 12.0. The molecule has 0 bridgehead atoms. The normalized spacial score (nSPS) is 14.4. The van der Waals surface area contributed by atoms with E-state index in [-0.39, 0.29) is 0 Å². The second kappa shape index (κ2) is 5.08. The van der Waals surface area contributed by atoms with E-state index in [0.29, 0.717) is 11.5 Å². The predicted molar refractivity (Wildman–Crippen MR) is 88.2 cm³/mol. The lowest BCUT2D eigenvalue weighted by molar-refractivity contribution is 0.675. The van der Waals surface area contributed by atoms with Crippen molar-refractivity contribution in [1.82, 2.24) is 14.8 Å². The van der Waals surface area contributed by atoms with Gasteiger partial charge in [0.15, 0.2) is 5.65 Å². The van der Waals surface area contributed by atoms with Crippen molar-refractivity contribution in [2.45, 2.75) is 32.2 Å². The number of aryl methyl sites for hydroxylation is 1. The van der Waals surface area contributed by atoms with Gasteiger partial charge in [0.1, 0.15) is 6.07 Å². The molecule has 3 aromatic heterocycles. The molecule has 0 aromatic carbocycles. The highest BCUT2D eigenvalue weighted by molar-refractivity contribution is 7.19. The van der Waals surface area contributed by atoms with Crippen molar-refractivity contribution in [2.24, 2.45) is 0 Å². The van der Waals surface area contributed by atoms with E-state index in [9.17, 15) is 5.26 Å². The van der Waals surface area contributed by atoms with E-state index in [1.807, 2.05) is 29.9 Å². The van der Waals surface area contributed by atoms with E-state index in [1.165, 1.54) is 11.3 Å². The van der Waals surface area contributed by atoms with Gasteiger partial charge in [-0.2, -0.15) is 10.4 Å². The Bertz CT molecular complexity index is 914. The van der Waals surface area contributed by atoms with Crippen molar-refractivity contribution in [1.29, 1.82) is 5.26 Å². The highest BCUT2D eigenvalue weighted by Gasteiger charge is 2.31. The molecule has 1 fully saturated rings. The van der Waals surface area contributed by atoms with Gasteiger partial charge < -0.3 is 0 Å². The van der Waals surface area contributed by atoms with E-state index >= 15 is 0 Å². The summed E-state index contributed by atoms with van der Waals surface area (Å²) in [6, 6.07) is 6.22. The summed E-state index contributed by atoms with van der Waals surface area (Å²) in [4.78, 5) is 5.79. The first-order valence-electron chi connectivity index (χ1n) is 7.28. The third-order valence-electron chi connectivity index (χ3n) is 4.01. The standard InChI is InChI=1S/C16H13ClN4S/c1-2-21-16-11(8-19-21)14(12-5-6-13(17)22-12)10(7-18)15(20-16)9-3-4-9/h5-6,8-9H,2-4H2,1H3. The monoisotopic (exact) mass is 328 g/mol. The Labute approximate surface area is 137 Å². The van der Waals surface area contributed by atoms with E-state index in [0.717, 1.165) is 50.9 Å². The molecule has 0 spiro atoms. The SMILES string of the molecule is CCn1ncc2c(-c3ccc(Cl)s3)c(C#N)c(C3CC3)nc21. The summed E-state index contributed by atoms with van der Waals surface area (Å²) >= 11 is 7.60. The number of pyridine rings is 1. The van der Waals surface area contributed by atoms with Gasteiger partial charge in [0.25, 0.3) is 0 Å². The molecule has 4 rings (SSSR count). The van der Waals surface area contributed by atoms with Crippen LogP contribution in [-0.4, -0.2) is 14.8 Å². The van der Waals surface area contributed by atoms with Crippen LogP contribution in [0.25, 0.3) is 21.5 Å². The third-order valence-corrected chi connectivity index (χ3v) is 5.26. The first-order valence-corrected chi connectivity index (χ1v) is 8.47. The van der Waals surface area contributed by atoms with Gasteiger partial charge in [0, 0.05) is 28.3 Å². The number of halogens is 1. The van der Waals surface area contributed by atoms with Crippen molar-refractivity contribution < 1.29 is 0 Å². The molecule has 0 aliphatic heterocycles. The van der Waals surface area contributed by atoms with Gasteiger partial charge in [-0.15, -0.1) is 11.3 Å². The molecule has 1 aliphatic carbocycles. The summed E-state index contributed by atoms with van der Waals surface area (Å²) in [6.07, 6.45) is 4.03. The summed E-state index contributed by atoms with van der Waals surface area (Å²) in [7, 11) is 0. The lowest BCUT2D eigenvalue weighted by atomic mass is 10.0. The fourth-order valence-electron chi connectivity index (χ4n) is 2.81. The highest BCUT2D eigenvalue weighted by atomic mass is 35.5. The molecule has 6 heteroatoms. The summed E-state index contributed by atoms with van der Waals surface area (Å²) in [5, 5.41) is 15.1. The minimum Gasteiger partial charge on any atom is -0.248 e. The Balaban J connectivity index is 2.11. The highest BCUT2D eigenvalue weighted by Crippen LogP contribution is 2.45. The van der Waals surface area contributed by atoms with Crippen LogP contribution in [0.3, 0.4) is 0 Å². The van der Waals surface area contributed by atoms with Crippen LogP contribution in [0.5, 0.6) is 0 Å². The number of nitriles is 1. The van der Waals surface area contributed by atoms with Crippen LogP contribution in [-0.2, 0) is 6.54 Å². The molecule has 3 heterocycles. The molecule has 1 aliphatic rings. The summed E-state index contributed by atoms with van der Waals surface area (Å²) in [5.74, 6) is 0.411. The zero-order chi connectivity index (χ0) is 15.3. The van der Waals surface area contributed by atoms with Crippen LogP contribution in [0.4, 0.5) is 0 Å². The minimum absolute atomic E-state index is 0.411. The number of hydrogen-bond acceptors (Lipinski definition) is 4. The Morgan fingerprint density at radius 3 is 2.86 bits per heavy atom. The molecule has 3 aromatic rings. The van der Waals surface area contributed by atoms with Gasteiger partial charge in [-0.25, -0.2) is 9.67 Å². The Hall–Kier alpha value is -1.90. The van der Waals surface area contributed by atoms with Crippen LogP contribution >= 0.6 is 22.9 Å². The van der Waals surface area contributed by atoms with Crippen LogP contribution in [0.2, 0.25) is 4.34 Å². The molecule has 1 saturated carbocycles. The van der Waals surface area contributed by atoms with Crippen LogP contribution in [0, 0.1) is 11.3 Å². The molecule has 0 amide bonds. The van der Waals surface area contributed by atoms with Gasteiger partial charge in [-0.3, -0.25) is 0 Å². The Morgan fingerprint density at radius 1 is 1.45 bits per heavy atom. The fraction of sp³-hybridized carbons (Fsp3) is 0.312. The zero-order valence-corrected chi connectivity index (χ0v) is 13.6. The van der Waals surface area contributed by atoms with Crippen LogP contribution < -0.4 is 0 Å². The van der Waals surface area contributed by atoms with E-state index in [2.05, 4.69) is 11.2 Å².